The van der Waals surface area contributed by atoms with Gasteiger partial charge in [-0.2, -0.15) is 31.4 Å². The van der Waals surface area contributed by atoms with E-state index in [9.17, 15) is 31.1 Å². The van der Waals surface area contributed by atoms with Crippen molar-refractivity contribution in [3.05, 3.63) is 40.9 Å². The van der Waals surface area contributed by atoms with Crippen molar-refractivity contribution in [1.29, 1.82) is 0 Å². The van der Waals surface area contributed by atoms with E-state index in [0.29, 0.717) is 6.07 Å². The van der Waals surface area contributed by atoms with E-state index in [1.54, 1.807) is 0 Å². The number of ether oxygens (including phenoxy) is 1. The average molecular weight is 536 g/mol. The lowest BCUT2D eigenvalue weighted by molar-refractivity contribution is -0.181. The summed E-state index contributed by atoms with van der Waals surface area (Å²) in [5.74, 6) is -0.176. The molecule has 36 heavy (non-hydrogen) atoms. The monoisotopic (exact) mass is 535 g/mol. The molecule has 0 radical (unpaired) electrons. The lowest BCUT2D eigenvalue weighted by atomic mass is 9.88. The molecule has 0 aliphatic carbocycles. The summed E-state index contributed by atoms with van der Waals surface area (Å²) >= 11 is 5.86. The van der Waals surface area contributed by atoms with Crippen LogP contribution < -0.4 is 15.5 Å². The third-order valence-corrected chi connectivity index (χ3v) is 6.13. The molecule has 5 heterocycles. The van der Waals surface area contributed by atoms with E-state index in [0.717, 1.165) is 28.6 Å². The Balaban J connectivity index is 1.52. The van der Waals surface area contributed by atoms with Crippen LogP contribution in [0.3, 0.4) is 0 Å². The number of rotatable bonds is 3. The summed E-state index contributed by atoms with van der Waals surface area (Å²) in [5, 5.41) is 8.79. The van der Waals surface area contributed by atoms with Crippen molar-refractivity contribution in [3.63, 3.8) is 0 Å². The average Bonchev–Trinajstić information content (AvgIpc) is 3.27. The van der Waals surface area contributed by atoms with Crippen molar-refractivity contribution < 1.29 is 35.9 Å². The molecule has 2 N–H and O–H groups in total. The zero-order valence-corrected chi connectivity index (χ0v) is 19.0. The minimum atomic E-state index is -4.84. The number of pyridine rings is 1. The second kappa shape index (κ2) is 8.09. The normalized spacial score (nSPS) is 20.4. The molecule has 0 bridgehead atoms. The van der Waals surface area contributed by atoms with Gasteiger partial charge in [-0.3, -0.25) is 4.90 Å². The molecule has 0 spiro atoms. The third kappa shape index (κ3) is 4.05. The predicted octanol–water partition coefficient (Wildman–Crippen LogP) is 4.48. The van der Waals surface area contributed by atoms with Crippen LogP contribution in [0.25, 0.3) is 5.65 Å². The molecule has 2 aliphatic rings. The Labute approximate surface area is 203 Å². The van der Waals surface area contributed by atoms with Crippen molar-refractivity contribution in [1.82, 2.24) is 19.6 Å². The third-order valence-electron chi connectivity index (χ3n) is 5.95. The van der Waals surface area contributed by atoms with Gasteiger partial charge in [-0.15, -0.1) is 0 Å². The molecule has 16 heteroatoms. The van der Waals surface area contributed by atoms with Gasteiger partial charge in [0, 0.05) is 24.4 Å². The highest BCUT2D eigenvalue weighted by molar-refractivity contribution is 6.29. The molecule has 5 rings (SSSR count). The molecule has 2 aliphatic heterocycles. The first-order chi connectivity index (χ1) is 16.8. The molecule has 1 atom stereocenters. The number of alkyl halides is 6. The number of amides is 2. The number of nitrogens with one attached hydrogen (secondary N) is 2. The second-order valence-electron chi connectivity index (χ2n) is 8.58. The van der Waals surface area contributed by atoms with Crippen molar-refractivity contribution >= 4 is 40.5 Å². The highest BCUT2D eigenvalue weighted by Crippen LogP contribution is 2.50. The van der Waals surface area contributed by atoms with Crippen LogP contribution in [-0.4, -0.2) is 57.6 Å². The molecule has 192 valence electrons. The fourth-order valence-corrected chi connectivity index (χ4v) is 4.21. The Morgan fingerprint density at radius 3 is 2.53 bits per heavy atom. The van der Waals surface area contributed by atoms with Crippen molar-refractivity contribution in [2.24, 2.45) is 0 Å². The standard InChI is InChI=1S/C20H16ClF6N7O2/c1-18(20(25,26)27)8-33(11-5-28-15-4-13(21)32-34(15)16(11)18)17(35)30-9-2-12(19(22,23)24)31-14(3-9)29-10-6-36-7-10/h2-5,10H,6-8H2,1H3,(H2,29,30,31,35)/t18-/m1/s1. The van der Waals surface area contributed by atoms with Gasteiger partial charge in [-0.25, -0.2) is 19.3 Å². The first kappa shape index (κ1) is 24.4. The van der Waals surface area contributed by atoms with Gasteiger partial charge >= 0.3 is 18.4 Å². The highest BCUT2D eigenvalue weighted by atomic mass is 35.5. The maximum absolute atomic E-state index is 14.2. The fourth-order valence-electron chi connectivity index (χ4n) is 4.03. The van der Waals surface area contributed by atoms with Crippen LogP contribution in [0.2, 0.25) is 5.15 Å². The van der Waals surface area contributed by atoms with Crippen molar-refractivity contribution in [2.45, 2.75) is 30.7 Å². The van der Waals surface area contributed by atoms with E-state index in [1.165, 1.54) is 6.07 Å². The van der Waals surface area contributed by atoms with Gasteiger partial charge in [0.2, 0.25) is 0 Å². The molecule has 3 aromatic rings. The Bertz CT molecular complexity index is 1360. The van der Waals surface area contributed by atoms with Crippen LogP contribution in [0.1, 0.15) is 18.3 Å². The largest absolute Gasteiger partial charge is 0.433 e. The van der Waals surface area contributed by atoms with Gasteiger partial charge in [-0.05, 0) is 13.0 Å². The quantitative estimate of drug-likeness (QED) is 0.480. The van der Waals surface area contributed by atoms with Crippen LogP contribution in [0, 0.1) is 0 Å². The Hall–Kier alpha value is -3.33. The molecule has 0 unspecified atom stereocenters. The molecule has 2 amide bonds. The van der Waals surface area contributed by atoms with Crippen molar-refractivity contribution in [3.8, 4) is 0 Å². The smallest absolute Gasteiger partial charge is 0.377 e. The number of hydrogen-bond donors (Lipinski definition) is 2. The number of aromatic nitrogens is 4. The van der Waals surface area contributed by atoms with Gasteiger partial charge < -0.3 is 15.4 Å². The molecular formula is C20H16ClF6N7O2. The summed E-state index contributed by atoms with van der Waals surface area (Å²) in [7, 11) is 0. The Kier molecular flexibility index (Phi) is 5.48. The molecular weight excluding hydrogens is 520 g/mol. The van der Waals surface area contributed by atoms with Gasteiger partial charge in [0.25, 0.3) is 0 Å². The van der Waals surface area contributed by atoms with Crippen LogP contribution in [0.15, 0.2) is 24.4 Å². The van der Waals surface area contributed by atoms with E-state index in [1.807, 2.05) is 0 Å². The molecule has 9 nitrogen and oxygen atoms in total. The lowest BCUT2D eigenvalue weighted by Crippen LogP contribution is -2.46. The number of fused-ring (bicyclic) bond motifs is 3. The van der Waals surface area contributed by atoms with E-state index < -0.39 is 36.0 Å². The second-order valence-corrected chi connectivity index (χ2v) is 8.97. The Morgan fingerprint density at radius 2 is 1.92 bits per heavy atom. The zero-order chi connectivity index (χ0) is 26.0. The number of halogens is 7. The minimum Gasteiger partial charge on any atom is -0.377 e. The number of carbonyl (C=O) groups excluding carboxylic acids is 1. The Morgan fingerprint density at radius 1 is 1.19 bits per heavy atom. The SMILES string of the molecule is C[C@@]1(C(F)(F)F)CN(C(=O)Nc2cc(NC3COC3)nc(C(F)(F)F)c2)c2cnc3cc(Cl)nn3c21. The maximum atomic E-state index is 14.2. The minimum absolute atomic E-state index is 0.0381. The number of anilines is 3. The van der Waals surface area contributed by atoms with E-state index >= 15 is 0 Å². The van der Waals surface area contributed by atoms with Crippen LogP contribution >= 0.6 is 11.6 Å². The van der Waals surface area contributed by atoms with E-state index in [2.05, 4.69) is 25.7 Å². The van der Waals surface area contributed by atoms with E-state index in [4.69, 9.17) is 16.3 Å². The van der Waals surface area contributed by atoms with Gasteiger partial charge in [0.1, 0.15) is 16.9 Å². The number of carbonyl (C=O) groups is 1. The fraction of sp³-hybridized carbons (Fsp3) is 0.400. The molecule has 3 aromatic heterocycles. The maximum Gasteiger partial charge on any atom is 0.433 e. The van der Waals surface area contributed by atoms with Gasteiger partial charge in [-0.1, -0.05) is 11.6 Å². The zero-order valence-electron chi connectivity index (χ0n) is 18.2. The molecule has 0 saturated carbocycles. The van der Waals surface area contributed by atoms with Gasteiger partial charge in [0.05, 0.1) is 36.8 Å². The van der Waals surface area contributed by atoms with Crippen LogP contribution in [0.4, 0.5) is 48.3 Å². The number of urea groups is 1. The topological polar surface area (TPSA) is 96.7 Å². The summed E-state index contributed by atoms with van der Waals surface area (Å²) in [6, 6.07) is 1.64. The van der Waals surface area contributed by atoms with Crippen LogP contribution in [-0.2, 0) is 16.3 Å². The molecule has 1 fully saturated rings. The summed E-state index contributed by atoms with van der Waals surface area (Å²) < 4.78 is 88.8. The van der Waals surface area contributed by atoms with Crippen molar-refractivity contribution in [2.75, 3.05) is 35.3 Å². The summed E-state index contributed by atoms with van der Waals surface area (Å²) in [6.07, 6.45) is -8.58. The number of hydrogen-bond acceptors (Lipinski definition) is 6. The van der Waals surface area contributed by atoms with E-state index in [-0.39, 0.29) is 52.9 Å². The number of nitrogens with zero attached hydrogens (tertiary/aromatic N) is 5. The lowest BCUT2D eigenvalue weighted by Gasteiger charge is -2.28. The first-order valence-electron chi connectivity index (χ1n) is 10.4. The summed E-state index contributed by atoms with van der Waals surface area (Å²) in [6.45, 7) is 0.557. The predicted molar refractivity (Wildman–Crippen MR) is 115 cm³/mol. The molecule has 1 saturated heterocycles. The highest BCUT2D eigenvalue weighted by Gasteiger charge is 2.60. The van der Waals surface area contributed by atoms with Crippen LogP contribution in [0.5, 0.6) is 0 Å². The summed E-state index contributed by atoms with van der Waals surface area (Å²) in [4.78, 5) is 21.4. The summed E-state index contributed by atoms with van der Waals surface area (Å²) in [5.41, 5.74) is -4.73. The van der Waals surface area contributed by atoms with Gasteiger partial charge in [0.15, 0.2) is 10.8 Å². The first-order valence-corrected chi connectivity index (χ1v) is 10.8. The molecule has 0 aromatic carbocycles.